The standard InChI is InChI=1S/C15H21NO3/c1-15(2)8-7-13(19-15)10-16-9-11-3-5-12(6-4-11)14(17)18/h3-6,13,16H,7-10H2,1-2H3,(H,17,18). The molecule has 1 fully saturated rings. The average Bonchev–Trinajstić information content (AvgIpc) is 2.69. The van der Waals surface area contributed by atoms with Crippen LogP contribution in [0.1, 0.15) is 42.6 Å². The zero-order valence-electron chi connectivity index (χ0n) is 11.5. The van der Waals surface area contributed by atoms with Crippen LogP contribution in [-0.2, 0) is 11.3 Å². The molecule has 0 aliphatic carbocycles. The fourth-order valence-electron chi connectivity index (χ4n) is 2.36. The zero-order chi connectivity index (χ0) is 13.9. The van der Waals surface area contributed by atoms with E-state index < -0.39 is 5.97 Å². The third-order valence-electron chi connectivity index (χ3n) is 3.46. The maximum Gasteiger partial charge on any atom is 0.335 e. The minimum absolute atomic E-state index is 0.00941. The summed E-state index contributed by atoms with van der Waals surface area (Å²) in [5, 5.41) is 12.2. The van der Waals surface area contributed by atoms with Gasteiger partial charge in [-0.1, -0.05) is 12.1 Å². The van der Waals surface area contributed by atoms with Crippen LogP contribution >= 0.6 is 0 Å². The van der Waals surface area contributed by atoms with Crippen molar-refractivity contribution in [3.05, 3.63) is 35.4 Å². The molecule has 0 aromatic heterocycles. The Balaban J connectivity index is 1.75. The van der Waals surface area contributed by atoms with Crippen molar-refractivity contribution in [1.82, 2.24) is 5.32 Å². The maximum absolute atomic E-state index is 10.7. The van der Waals surface area contributed by atoms with Crippen molar-refractivity contribution in [1.29, 1.82) is 0 Å². The lowest BCUT2D eigenvalue weighted by atomic mass is 10.1. The predicted octanol–water partition coefficient (Wildman–Crippen LogP) is 2.43. The molecule has 0 radical (unpaired) electrons. The molecule has 1 unspecified atom stereocenters. The highest BCUT2D eigenvalue weighted by Gasteiger charge is 2.30. The fourth-order valence-corrected chi connectivity index (χ4v) is 2.36. The van der Waals surface area contributed by atoms with Gasteiger partial charge in [-0.3, -0.25) is 0 Å². The molecule has 1 aliphatic rings. The molecule has 1 atom stereocenters. The number of carboxylic acid groups (broad SMARTS) is 1. The summed E-state index contributed by atoms with van der Waals surface area (Å²) in [6, 6.07) is 6.95. The molecule has 2 N–H and O–H groups in total. The van der Waals surface area contributed by atoms with Crippen molar-refractivity contribution in [2.75, 3.05) is 6.54 Å². The highest BCUT2D eigenvalue weighted by atomic mass is 16.5. The Morgan fingerprint density at radius 1 is 1.42 bits per heavy atom. The smallest absolute Gasteiger partial charge is 0.335 e. The molecule has 2 rings (SSSR count). The lowest BCUT2D eigenvalue weighted by Crippen LogP contribution is -2.29. The van der Waals surface area contributed by atoms with E-state index in [-0.39, 0.29) is 11.7 Å². The Labute approximate surface area is 113 Å². The minimum Gasteiger partial charge on any atom is -0.478 e. The van der Waals surface area contributed by atoms with E-state index in [0.29, 0.717) is 5.56 Å². The third kappa shape index (κ3) is 4.04. The molecule has 1 saturated heterocycles. The largest absolute Gasteiger partial charge is 0.478 e. The number of carbonyl (C=O) groups is 1. The van der Waals surface area contributed by atoms with Crippen molar-refractivity contribution >= 4 is 5.97 Å². The van der Waals surface area contributed by atoms with Crippen LogP contribution in [0.5, 0.6) is 0 Å². The summed E-state index contributed by atoms with van der Waals surface area (Å²) >= 11 is 0. The van der Waals surface area contributed by atoms with Gasteiger partial charge in [0.25, 0.3) is 0 Å². The van der Waals surface area contributed by atoms with Gasteiger partial charge in [-0.2, -0.15) is 0 Å². The molecular formula is C15H21NO3. The van der Waals surface area contributed by atoms with Crippen LogP contribution in [0.3, 0.4) is 0 Å². The summed E-state index contributed by atoms with van der Waals surface area (Å²) < 4.78 is 5.90. The zero-order valence-corrected chi connectivity index (χ0v) is 11.5. The number of rotatable bonds is 5. The van der Waals surface area contributed by atoms with Gasteiger partial charge in [-0.05, 0) is 44.4 Å². The van der Waals surface area contributed by atoms with Crippen LogP contribution in [0.2, 0.25) is 0 Å². The second-order valence-corrected chi connectivity index (χ2v) is 5.67. The summed E-state index contributed by atoms with van der Waals surface area (Å²) in [6.45, 7) is 5.82. The van der Waals surface area contributed by atoms with Gasteiger partial charge in [0.05, 0.1) is 17.3 Å². The fraction of sp³-hybridized carbons (Fsp3) is 0.533. The van der Waals surface area contributed by atoms with Crippen molar-refractivity contribution in [2.45, 2.75) is 44.9 Å². The number of ether oxygens (including phenoxy) is 1. The Morgan fingerprint density at radius 3 is 2.63 bits per heavy atom. The van der Waals surface area contributed by atoms with Gasteiger partial charge in [0.2, 0.25) is 0 Å². The van der Waals surface area contributed by atoms with E-state index in [1.54, 1.807) is 12.1 Å². The van der Waals surface area contributed by atoms with Crippen LogP contribution in [0, 0.1) is 0 Å². The van der Waals surface area contributed by atoms with E-state index in [1.807, 2.05) is 12.1 Å². The number of nitrogens with one attached hydrogen (secondary N) is 1. The SMILES string of the molecule is CC1(C)CCC(CNCc2ccc(C(=O)O)cc2)O1. The molecule has 0 bridgehead atoms. The van der Waals surface area contributed by atoms with E-state index in [1.165, 1.54) is 0 Å². The first-order valence-corrected chi connectivity index (χ1v) is 6.67. The summed E-state index contributed by atoms with van der Waals surface area (Å²) in [6.07, 6.45) is 2.48. The summed E-state index contributed by atoms with van der Waals surface area (Å²) in [5.41, 5.74) is 1.42. The quantitative estimate of drug-likeness (QED) is 0.856. The molecule has 0 spiro atoms. The molecule has 19 heavy (non-hydrogen) atoms. The average molecular weight is 263 g/mol. The van der Waals surface area contributed by atoms with Crippen LogP contribution in [0.4, 0.5) is 0 Å². The van der Waals surface area contributed by atoms with Crippen molar-refractivity contribution in [2.24, 2.45) is 0 Å². The summed E-state index contributed by atoms with van der Waals surface area (Å²) in [7, 11) is 0. The first-order valence-electron chi connectivity index (χ1n) is 6.67. The topological polar surface area (TPSA) is 58.6 Å². The van der Waals surface area contributed by atoms with Gasteiger partial charge in [0.15, 0.2) is 0 Å². The number of hydrogen-bond donors (Lipinski definition) is 2. The first kappa shape index (κ1) is 14.0. The van der Waals surface area contributed by atoms with E-state index in [4.69, 9.17) is 9.84 Å². The molecule has 0 amide bonds. The molecular weight excluding hydrogens is 242 g/mol. The first-order chi connectivity index (χ1) is 8.96. The summed E-state index contributed by atoms with van der Waals surface area (Å²) in [5.74, 6) is -0.888. The lowest BCUT2D eigenvalue weighted by molar-refractivity contribution is -0.0142. The molecule has 1 heterocycles. The number of hydrogen-bond acceptors (Lipinski definition) is 3. The van der Waals surface area contributed by atoms with Crippen LogP contribution in [-0.4, -0.2) is 29.3 Å². The van der Waals surface area contributed by atoms with E-state index in [9.17, 15) is 4.79 Å². The molecule has 0 saturated carbocycles. The van der Waals surface area contributed by atoms with E-state index >= 15 is 0 Å². The molecule has 4 heteroatoms. The predicted molar refractivity (Wildman–Crippen MR) is 73.3 cm³/mol. The second kappa shape index (κ2) is 5.72. The molecule has 104 valence electrons. The van der Waals surface area contributed by atoms with Gasteiger partial charge >= 0.3 is 5.97 Å². The van der Waals surface area contributed by atoms with Crippen LogP contribution in [0.15, 0.2) is 24.3 Å². The monoisotopic (exact) mass is 263 g/mol. The van der Waals surface area contributed by atoms with E-state index in [2.05, 4.69) is 19.2 Å². The molecule has 1 aliphatic heterocycles. The number of carboxylic acids is 1. The lowest BCUT2D eigenvalue weighted by Gasteiger charge is -2.19. The van der Waals surface area contributed by atoms with Gasteiger partial charge in [-0.15, -0.1) is 0 Å². The van der Waals surface area contributed by atoms with Crippen LogP contribution in [0.25, 0.3) is 0 Å². The Kier molecular flexibility index (Phi) is 4.22. The van der Waals surface area contributed by atoms with Gasteiger partial charge in [0.1, 0.15) is 0 Å². The number of benzene rings is 1. The van der Waals surface area contributed by atoms with Crippen molar-refractivity contribution < 1.29 is 14.6 Å². The van der Waals surface area contributed by atoms with Crippen molar-refractivity contribution in [3.8, 4) is 0 Å². The highest BCUT2D eigenvalue weighted by molar-refractivity contribution is 5.87. The van der Waals surface area contributed by atoms with Crippen molar-refractivity contribution in [3.63, 3.8) is 0 Å². The highest BCUT2D eigenvalue weighted by Crippen LogP contribution is 2.28. The minimum atomic E-state index is -0.888. The molecule has 4 nitrogen and oxygen atoms in total. The number of aromatic carboxylic acids is 1. The third-order valence-corrected chi connectivity index (χ3v) is 3.46. The second-order valence-electron chi connectivity index (χ2n) is 5.67. The van der Waals surface area contributed by atoms with Gasteiger partial charge in [0, 0.05) is 13.1 Å². The van der Waals surface area contributed by atoms with Gasteiger partial charge in [-0.25, -0.2) is 4.79 Å². The summed E-state index contributed by atoms with van der Waals surface area (Å²) in [4.78, 5) is 10.7. The maximum atomic E-state index is 10.7. The van der Waals surface area contributed by atoms with Crippen LogP contribution < -0.4 is 5.32 Å². The van der Waals surface area contributed by atoms with Gasteiger partial charge < -0.3 is 15.2 Å². The molecule has 1 aromatic carbocycles. The van der Waals surface area contributed by atoms with E-state index in [0.717, 1.165) is 31.5 Å². The molecule has 1 aromatic rings. The Hall–Kier alpha value is -1.39. The normalized spacial score (nSPS) is 21.5. The Morgan fingerprint density at radius 2 is 2.11 bits per heavy atom. The Bertz CT molecular complexity index is 439.